The molecule has 0 aliphatic heterocycles. The van der Waals surface area contributed by atoms with Crippen molar-refractivity contribution in [2.24, 2.45) is 0 Å². The van der Waals surface area contributed by atoms with Crippen LogP contribution < -0.4 is 4.74 Å². The van der Waals surface area contributed by atoms with Crippen molar-refractivity contribution in [1.82, 2.24) is 0 Å². The van der Waals surface area contributed by atoms with Gasteiger partial charge < -0.3 is 37.9 Å². The van der Waals surface area contributed by atoms with E-state index in [1.807, 2.05) is 0 Å². The van der Waals surface area contributed by atoms with E-state index in [0.29, 0.717) is 91.6 Å². The Labute approximate surface area is 205 Å². The molecule has 0 N–H and O–H groups in total. The third-order valence-electron chi connectivity index (χ3n) is 4.04. The Morgan fingerprint density at radius 3 is 1.43 bits per heavy atom. The van der Waals surface area contributed by atoms with Gasteiger partial charge in [-0.15, -0.1) is 0 Å². The summed E-state index contributed by atoms with van der Waals surface area (Å²) in [5.41, 5.74) is 0.0225. The molecule has 0 aliphatic carbocycles. The number of ether oxygens (including phenoxy) is 8. The Morgan fingerprint density at radius 1 is 0.686 bits per heavy atom. The first-order chi connectivity index (χ1) is 17.1. The van der Waals surface area contributed by atoms with Gasteiger partial charge in [-0.3, -0.25) is 10.1 Å². The molecular formula is C23H35NO11. The predicted molar refractivity (Wildman–Crippen MR) is 125 cm³/mol. The maximum Gasteiger partial charge on any atom is 0.330 e. The number of nitro groups is 1. The Bertz CT molecular complexity index is 685. The summed E-state index contributed by atoms with van der Waals surface area (Å²) in [5, 5.41) is 10.6. The highest BCUT2D eigenvalue weighted by Gasteiger charge is 2.04. The van der Waals surface area contributed by atoms with Gasteiger partial charge in [0, 0.05) is 18.2 Å². The quantitative estimate of drug-likeness (QED) is 0.0675. The molecule has 0 bridgehead atoms. The number of rotatable bonds is 24. The molecule has 12 heteroatoms. The van der Waals surface area contributed by atoms with Crippen LogP contribution in [0.1, 0.15) is 0 Å². The molecule has 35 heavy (non-hydrogen) atoms. The zero-order valence-electron chi connectivity index (χ0n) is 19.9. The topological polar surface area (TPSA) is 134 Å². The Kier molecular flexibility index (Phi) is 19.0. The first-order valence-corrected chi connectivity index (χ1v) is 11.3. The summed E-state index contributed by atoms with van der Waals surface area (Å²) in [6.07, 6.45) is 1.11. The average molecular weight is 502 g/mol. The van der Waals surface area contributed by atoms with Crippen LogP contribution in [0.2, 0.25) is 0 Å². The number of non-ortho nitro benzene ring substituents is 1. The van der Waals surface area contributed by atoms with Gasteiger partial charge in [0.05, 0.1) is 84.2 Å². The molecule has 1 aromatic rings. The number of esters is 1. The van der Waals surface area contributed by atoms with Crippen LogP contribution in [0.5, 0.6) is 5.75 Å². The van der Waals surface area contributed by atoms with Crippen molar-refractivity contribution < 1.29 is 47.6 Å². The summed E-state index contributed by atoms with van der Waals surface area (Å²) >= 11 is 0. The van der Waals surface area contributed by atoms with Crippen LogP contribution in [-0.4, -0.2) is 103 Å². The molecule has 0 unspecified atom stereocenters. The third kappa shape index (κ3) is 18.4. The largest absolute Gasteiger partial charge is 0.491 e. The van der Waals surface area contributed by atoms with E-state index in [-0.39, 0.29) is 12.3 Å². The minimum atomic E-state index is -0.467. The summed E-state index contributed by atoms with van der Waals surface area (Å²) in [6, 6.07) is 5.88. The molecular weight excluding hydrogens is 466 g/mol. The van der Waals surface area contributed by atoms with Gasteiger partial charge in [0.1, 0.15) is 19.0 Å². The van der Waals surface area contributed by atoms with Gasteiger partial charge in [0.2, 0.25) is 0 Å². The zero-order valence-corrected chi connectivity index (χ0v) is 19.9. The molecule has 0 fully saturated rings. The van der Waals surface area contributed by atoms with Crippen LogP contribution in [0.4, 0.5) is 5.69 Å². The van der Waals surface area contributed by atoms with E-state index in [4.69, 9.17) is 37.9 Å². The maximum absolute atomic E-state index is 10.8. The second kappa shape index (κ2) is 21.9. The van der Waals surface area contributed by atoms with Crippen LogP contribution in [0.3, 0.4) is 0 Å². The Balaban J connectivity index is 1.73. The van der Waals surface area contributed by atoms with Gasteiger partial charge in [-0.2, -0.15) is 0 Å². The molecule has 0 amide bonds. The molecule has 0 atom stereocenters. The standard InChI is InChI=1S/C23H35NO11/c1-2-23(25)35-20-18-33-16-14-31-12-10-29-8-7-28-9-11-30-13-15-32-17-19-34-22-5-3-21(4-6-22)24(26)27/h2-6H,1,7-20H2. The molecule has 1 aromatic carbocycles. The molecule has 198 valence electrons. The number of carbonyl (C=O) groups is 1. The van der Waals surface area contributed by atoms with Gasteiger partial charge in [-0.05, 0) is 12.1 Å². The SMILES string of the molecule is C=CC(=O)OCCOCCOCCOCCOCCOCCOCCOc1ccc([N+](=O)[O-])cc1. The van der Waals surface area contributed by atoms with Gasteiger partial charge in [-0.1, -0.05) is 6.58 Å². The maximum atomic E-state index is 10.8. The second-order valence-corrected chi connectivity index (χ2v) is 6.65. The van der Waals surface area contributed by atoms with Crippen molar-refractivity contribution in [3.63, 3.8) is 0 Å². The molecule has 1 rings (SSSR count). The van der Waals surface area contributed by atoms with E-state index < -0.39 is 10.9 Å². The van der Waals surface area contributed by atoms with Crippen molar-refractivity contribution in [2.45, 2.75) is 0 Å². The molecule has 0 spiro atoms. The lowest BCUT2D eigenvalue weighted by molar-refractivity contribution is -0.384. The number of hydrogen-bond donors (Lipinski definition) is 0. The average Bonchev–Trinajstić information content (AvgIpc) is 2.87. The van der Waals surface area contributed by atoms with E-state index in [1.165, 1.54) is 12.1 Å². The van der Waals surface area contributed by atoms with Crippen LogP contribution >= 0.6 is 0 Å². The predicted octanol–water partition coefficient (Wildman–Crippen LogP) is 1.80. The highest BCUT2D eigenvalue weighted by molar-refractivity contribution is 5.81. The number of benzene rings is 1. The van der Waals surface area contributed by atoms with Crippen molar-refractivity contribution >= 4 is 11.7 Å². The van der Waals surface area contributed by atoms with Crippen LogP contribution in [-0.2, 0) is 38.0 Å². The number of nitro benzene ring substituents is 1. The first-order valence-electron chi connectivity index (χ1n) is 11.3. The molecule has 0 heterocycles. The fourth-order valence-electron chi connectivity index (χ4n) is 2.34. The van der Waals surface area contributed by atoms with Crippen molar-refractivity contribution in [3.8, 4) is 5.75 Å². The smallest absolute Gasteiger partial charge is 0.330 e. The van der Waals surface area contributed by atoms with Crippen molar-refractivity contribution in [3.05, 3.63) is 47.0 Å². The van der Waals surface area contributed by atoms with E-state index in [2.05, 4.69) is 6.58 Å². The van der Waals surface area contributed by atoms with Crippen molar-refractivity contribution in [1.29, 1.82) is 0 Å². The minimum Gasteiger partial charge on any atom is -0.491 e. The molecule has 0 aromatic heterocycles. The van der Waals surface area contributed by atoms with Gasteiger partial charge in [0.15, 0.2) is 0 Å². The molecule has 12 nitrogen and oxygen atoms in total. The Morgan fingerprint density at radius 2 is 1.06 bits per heavy atom. The zero-order chi connectivity index (χ0) is 25.4. The highest BCUT2D eigenvalue weighted by Crippen LogP contribution is 2.16. The molecule has 0 saturated carbocycles. The van der Waals surface area contributed by atoms with Gasteiger partial charge >= 0.3 is 5.97 Å². The molecule has 0 saturated heterocycles. The summed E-state index contributed by atoms with van der Waals surface area (Å²) in [7, 11) is 0. The lowest BCUT2D eigenvalue weighted by Gasteiger charge is -2.09. The normalized spacial score (nSPS) is 10.7. The summed E-state index contributed by atoms with van der Waals surface area (Å²) in [4.78, 5) is 20.9. The third-order valence-corrected chi connectivity index (χ3v) is 4.04. The van der Waals surface area contributed by atoms with Crippen molar-refractivity contribution in [2.75, 3.05) is 92.5 Å². The van der Waals surface area contributed by atoms with E-state index in [0.717, 1.165) is 6.08 Å². The fraction of sp³-hybridized carbons (Fsp3) is 0.609. The van der Waals surface area contributed by atoms with E-state index in [9.17, 15) is 14.9 Å². The molecule has 0 radical (unpaired) electrons. The van der Waals surface area contributed by atoms with Crippen LogP contribution in [0.15, 0.2) is 36.9 Å². The summed E-state index contributed by atoms with van der Waals surface area (Å²) in [6.45, 7) is 9.01. The second-order valence-electron chi connectivity index (χ2n) is 6.65. The summed E-state index contributed by atoms with van der Waals surface area (Å²) < 4.78 is 42.4. The van der Waals surface area contributed by atoms with E-state index >= 15 is 0 Å². The van der Waals surface area contributed by atoms with Gasteiger partial charge in [0.25, 0.3) is 5.69 Å². The number of nitrogens with zero attached hydrogens (tertiary/aromatic N) is 1. The van der Waals surface area contributed by atoms with Crippen LogP contribution in [0, 0.1) is 10.1 Å². The van der Waals surface area contributed by atoms with Crippen LogP contribution in [0.25, 0.3) is 0 Å². The highest BCUT2D eigenvalue weighted by atomic mass is 16.6. The number of carbonyl (C=O) groups excluding carboxylic acids is 1. The lowest BCUT2D eigenvalue weighted by Crippen LogP contribution is -2.15. The Hall–Kier alpha value is -2.61. The lowest BCUT2D eigenvalue weighted by atomic mass is 10.3. The summed E-state index contributed by atoms with van der Waals surface area (Å²) in [5.74, 6) is 0.0854. The first kappa shape index (κ1) is 30.4. The minimum absolute atomic E-state index is 0.0225. The monoisotopic (exact) mass is 501 g/mol. The molecule has 0 aliphatic rings. The number of hydrogen-bond acceptors (Lipinski definition) is 11. The van der Waals surface area contributed by atoms with Gasteiger partial charge in [-0.25, -0.2) is 4.79 Å². The fourth-order valence-corrected chi connectivity index (χ4v) is 2.34. The van der Waals surface area contributed by atoms with E-state index in [1.54, 1.807) is 12.1 Å².